The minimum Gasteiger partial charge on any atom is -0.469 e. The number of carbonyl (C=O) groups excluding carboxylic acids is 2. The highest BCUT2D eigenvalue weighted by atomic mass is 79.9. The molecule has 2 rings (SSSR count). The number of ether oxygens (including phenoxy) is 1. The summed E-state index contributed by atoms with van der Waals surface area (Å²) in [5.41, 5.74) is 3.03. The highest BCUT2D eigenvalue weighted by Crippen LogP contribution is 2.34. The zero-order valence-electron chi connectivity index (χ0n) is 14.3. The van der Waals surface area contributed by atoms with Crippen molar-refractivity contribution in [2.24, 2.45) is 0 Å². The molecular weight excluding hydrogens is 389 g/mol. The highest BCUT2D eigenvalue weighted by molar-refractivity contribution is 9.10. The van der Waals surface area contributed by atoms with Gasteiger partial charge in [-0.1, -0.05) is 25.1 Å². The number of para-hydroxylation sites is 1. The van der Waals surface area contributed by atoms with E-state index in [-0.39, 0.29) is 4.47 Å². The van der Waals surface area contributed by atoms with E-state index in [2.05, 4.69) is 20.7 Å². The molecule has 2 aromatic carbocycles. The van der Waals surface area contributed by atoms with Gasteiger partial charge in [0, 0.05) is 0 Å². The molecule has 0 saturated heterocycles. The van der Waals surface area contributed by atoms with Crippen molar-refractivity contribution in [2.45, 2.75) is 26.7 Å². The fraction of sp³-hybridized carbons (Fsp3) is 0.263. The average molecular weight is 408 g/mol. The van der Waals surface area contributed by atoms with Crippen molar-refractivity contribution in [1.82, 2.24) is 0 Å². The van der Waals surface area contributed by atoms with Gasteiger partial charge in [0.25, 0.3) is 0 Å². The van der Waals surface area contributed by atoms with Crippen molar-refractivity contribution < 1.29 is 18.7 Å². The summed E-state index contributed by atoms with van der Waals surface area (Å²) < 4.78 is 18.5. The molecule has 0 aromatic heterocycles. The van der Waals surface area contributed by atoms with E-state index < -0.39 is 24.1 Å². The second kappa shape index (κ2) is 8.25. The van der Waals surface area contributed by atoms with Crippen molar-refractivity contribution in [2.75, 3.05) is 12.0 Å². The molecule has 1 amide bonds. The molecule has 132 valence electrons. The van der Waals surface area contributed by atoms with Crippen LogP contribution in [-0.2, 0) is 20.7 Å². The monoisotopic (exact) mass is 407 g/mol. The van der Waals surface area contributed by atoms with Crippen LogP contribution in [0, 0.1) is 12.7 Å². The summed E-state index contributed by atoms with van der Waals surface area (Å²) >= 11 is 3.15. The summed E-state index contributed by atoms with van der Waals surface area (Å²) in [6.07, 6.45) is 0.310. The molecule has 0 N–H and O–H groups in total. The normalized spacial score (nSPS) is 10.4. The summed E-state index contributed by atoms with van der Waals surface area (Å²) in [5, 5.41) is 0. The molecule has 0 bridgehead atoms. The van der Waals surface area contributed by atoms with Crippen LogP contribution in [-0.4, -0.2) is 19.0 Å². The molecule has 0 fully saturated rings. The first-order valence-corrected chi connectivity index (χ1v) is 8.61. The third-order valence-electron chi connectivity index (χ3n) is 3.86. The number of hydrogen-bond acceptors (Lipinski definition) is 3. The number of esters is 1. The van der Waals surface area contributed by atoms with Crippen LogP contribution < -0.4 is 4.90 Å². The van der Waals surface area contributed by atoms with E-state index >= 15 is 0 Å². The van der Waals surface area contributed by atoms with Crippen LogP contribution in [0.25, 0.3) is 0 Å². The molecule has 6 heteroatoms. The van der Waals surface area contributed by atoms with Crippen molar-refractivity contribution >= 4 is 39.2 Å². The average Bonchev–Trinajstić information content (AvgIpc) is 2.59. The molecule has 2 aromatic rings. The summed E-state index contributed by atoms with van der Waals surface area (Å²) in [7, 11) is 1.24. The van der Waals surface area contributed by atoms with Gasteiger partial charge in [0.15, 0.2) is 0 Å². The van der Waals surface area contributed by atoms with Crippen LogP contribution in [0.15, 0.2) is 40.9 Å². The third kappa shape index (κ3) is 4.25. The number of benzene rings is 2. The molecule has 0 heterocycles. The van der Waals surface area contributed by atoms with E-state index in [1.54, 1.807) is 0 Å². The van der Waals surface area contributed by atoms with E-state index in [1.807, 2.05) is 32.0 Å². The number of amides is 1. The topological polar surface area (TPSA) is 46.6 Å². The molecule has 0 unspecified atom stereocenters. The predicted molar refractivity (Wildman–Crippen MR) is 98.4 cm³/mol. The Kier molecular flexibility index (Phi) is 6.31. The van der Waals surface area contributed by atoms with Crippen LogP contribution in [0.3, 0.4) is 0 Å². The number of aryl methyl sites for hydroxylation is 2. The number of rotatable bonds is 5. The summed E-state index contributed by atoms with van der Waals surface area (Å²) in [5.74, 6) is -1.48. The highest BCUT2D eigenvalue weighted by Gasteiger charge is 2.25. The van der Waals surface area contributed by atoms with Gasteiger partial charge in [-0.2, -0.15) is 0 Å². The molecule has 25 heavy (non-hydrogen) atoms. The number of methoxy groups -OCH3 is 1. The molecule has 0 aliphatic heterocycles. The van der Waals surface area contributed by atoms with Gasteiger partial charge in [-0.3, -0.25) is 14.5 Å². The van der Waals surface area contributed by atoms with Crippen molar-refractivity contribution in [3.63, 3.8) is 0 Å². The van der Waals surface area contributed by atoms with Crippen LogP contribution in [0.5, 0.6) is 0 Å². The van der Waals surface area contributed by atoms with Crippen molar-refractivity contribution in [3.05, 3.63) is 57.8 Å². The van der Waals surface area contributed by atoms with Gasteiger partial charge in [0.05, 0.1) is 23.0 Å². The van der Waals surface area contributed by atoms with Crippen LogP contribution in [0.2, 0.25) is 0 Å². The SMILES string of the molecule is CCc1cccc(C)c1N(C(=O)CC(=O)OC)c1ccc(F)c(Br)c1. The summed E-state index contributed by atoms with van der Waals surface area (Å²) in [4.78, 5) is 25.9. The summed E-state index contributed by atoms with van der Waals surface area (Å²) in [6, 6.07) is 10.1. The Morgan fingerprint density at radius 3 is 2.56 bits per heavy atom. The number of halogens is 2. The Hall–Kier alpha value is -2.21. The Morgan fingerprint density at radius 2 is 1.96 bits per heavy atom. The van der Waals surface area contributed by atoms with Crippen molar-refractivity contribution in [1.29, 1.82) is 0 Å². The molecule has 0 aliphatic carbocycles. The number of hydrogen-bond donors (Lipinski definition) is 0. The first-order valence-electron chi connectivity index (χ1n) is 7.82. The minimum atomic E-state index is -0.622. The zero-order chi connectivity index (χ0) is 18.6. The maximum absolute atomic E-state index is 13.6. The number of carbonyl (C=O) groups is 2. The third-order valence-corrected chi connectivity index (χ3v) is 4.47. The number of nitrogens with zero attached hydrogens (tertiary/aromatic N) is 1. The van der Waals surface area contributed by atoms with Gasteiger partial charge < -0.3 is 4.74 Å². The van der Waals surface area contributed by atoms with Gasteiger partial charge >= 0.3 is 5.97 Å². The van der Waals surface area contributed by atoms with Gasteiger partial charge in [-0.05, 0) is 58.6 Å². The fourth-order valence-electron chi connectivity index (χ4n) is 2.62. The Labute approximate surface area is 154 Å². The minimum absolute atomic E-state index is 0.243. The van der Waals surface area contributed by atoms with Gasteiger partial charge in [-0.15, -0.1) is 0 Å². The quantitative estimate of drug-likeness (QED) is 0.533. The van der Waals surface area contributed by atoms with E-state index in [1.165, 1.54) is 30.2 Å². The molecule has 0 spiro atoms. The van der Waals surface area contributed by atoms with Gasteiger partial charge in [-0.25, -0.2) is 4.39 Å². The number of anilines is 2. The van der Waals surface area contributed by atoms with E-state index in [4.69, 9.17) is 0 Å². The molecule has 4 nitrogen and oxygen atoms in total. The van der Waals surface area contributed by atoms with Crippen LogP contribution in [0.4, 0.5) is 15.8 Å². The summed E-state index contributed by atoms with van der Waals surface area (Å²) in [6.45, 7) is 3.88. The lowest BCUT2D eigenvalue weighted by atomic mass is 10.0. The Balaban J connectivity index is 2.62. The second-order valence-corrected chi connectivity index (χ2v) is 6.37. The molecule has 0 saturated carbocycles. The zero-order valence-corrected chi connectivity index (χ0v) is 15.9. The smallest absolute Gasteiger partial charge is 0.315 e. The lowest BCUT2D eigenvalue weighted by molar-refractivity contribution is -0.143. The first kappa shape index (κ1) is 19.1. The van der Waals surface area contributed by atoms with E-state index in [0.717, 1.165) is 11.1 Å². The maximum Gasteiger partial charge on any atom is 0.315 e. The molecule has 0 atom stereocenters. The Morgan fingerprint density at radius 1 is 1.24 bits per heavy atom. The standard InChI is InChI=1S/C19H19BrFNO3/c1-4-13-7-5-6-12(2)19(13)22(17(23)11-18(24)25-3)14-8-9-16(21)15(20)10-14/h5-10H,4,11H2,1-3H3. The molecule has 0 aliphatic rings. The van der Waals surface area contributed by atoms with E-state index in [0.29, 0.717) is 17.8 Å². The first-order chi connectivity index (χ1) is 11.9. The van der Waals surface area contributed by atoms with Crippen molar-refractivity contribution in [3.8, 4) is 0 Å². The lowest BCUT2D eigenvalue weighted by Crippen LogP contribution is -2.30. The van der Waals surface area contributed by atoms with E-state index in [9.17, 15) is 14.0 Å². The largest absolute Gasteiger partial charge is 0.469 e. The van der Waals surface area contributed by atoms with Gasteiger partial charge in [0.2, 0.25) is 5.91 Å². The molecular formula is C19H19BrFNO3. The second-order valence-electron chi connectivity index (χ2n) is 5.52. The van der Waals surface area contributed by atoms with Crippen LogP contribution in [0.1, 0.15) is 24.5 Å². The maximum atomic E-state index is 13.6. The Bertz CT molecular complexity index is 807. The predicted octanol–water partition coefficient (Wildman–Crippen LogP) is 4.69. The molecule has 0 radical (unpaired) electrons. The lowest BCUT2D eigenvalue weighted by Gasteiger charge is -2.27. The van der Waals surface area contributed by atoms with Crippen LogP contribution >= 0.6 is 15.9 Å². The van der Waals surface area contributed by atoms with Gasteiger partial charge in [0.1, 0.15) is 12.2 Å². The fourth-order valence-corrected chi connectivity index (χ4v) is 2.99.